The van der Waals surface area contributed by atoms with E-state index in [9.17, 15) is 10.1 Å². The zero-order valence-corrected chi connectivity index (χ0v) is 13.7. The standard InChI is InChI=1S/C14H21N5O2S/c1-11(2)16-14(22)18-8-4-7-17(9-10-18)13-12(19(20)21)5-3-6-15-13/h3,5-6,11H,4,7-10H2,1-2H3,(H,16,22)/p+1. The van der Waals surface area contributed by atoms with Crippen molar-refractivity contribution in [1.82, 2.24) is 10.2 Å². The quantitative estimate of drug-likeness (QED) is 0.512. The lowest BCUT2D eigenvalue weighted by molar-refractivity contribution is -0.411. The van der Waals surface area contributed by atoms with Crippen LogP contribution in [-0.4, -0.2) is 47.2 Å². The smallest absolute Gasteiger partial charge is 0.357 e. The van der Waals surface area contributed by atoms with E-state index in [2.05, 4.69) is 29.0 Å². The van der Waals surface area contributed by atoms with Crippen molar-refractivity contribution in [3.63, 3.8) is 0 Å². The molecule has 0 atom stereocenters. The number of thiocarbonyl (C=S) groups is 1. The van der Waals surface area contributed by atoms with E-state index in [-0.39, 0.29) is 10.6 Å². The van der Waals surface area contributed by atoms with Gasteiger partial charge in [-0.05, 0) is 32.1 Å². The monoisotopic (exact) mass is 324 g/mol. The molecule has 0 aromatic carbocycles. The SMILES string of the molecule is CC(C)NC(=S)N1CCCN(c2[nH+]cccc2[N+](=O)[O-])CC1. The zero-order valence-electron chi connectivity index (χ0n) is 12.9. The van der Waals surface area contributed by atoms with Crippen LogP contribution in [0.5, 0.6) is 0 Å². The van der Waals surface area contributed by atoms with Crippen LogP contribution in [0.15, 0.2) is 18.3 Å². The third kappa shape index (κ3) is 4.03. The first kappa shape index (κ1) is 16.4. The average molecular weight is 324 g/mol. The maximum Gasteiger partial charge on any atom is 0.357 e. The van der Waals surface area contributed by atoms with Gasteiger partial charge in [0, 0.05) is 25.1 Å². The Labute approximate surface area is 135 Å². The van der Waals surface area contributed by atoms with Gasteiger partial charge in [-0.15, -0.1) is 0 Å². The van der Waals surface area contributed by atoms with Crippen molar-refractivity contribution in [1.29, 1.82) is 0 Å². The van der Waals surface area contributed by atoms with Crippen molar-refractivity contribution in [3.05, 3.63) is 28.4 Å². The summed E-state index contributed by atoms with van der Waals surface area (Å²) in [6.45, 7) is 7.18. The summed E-state index contributed by atoms with van der Waals surface area (Å²) in [5.74, 6) is 0.567. The molecule has 0 unspecified atom stereocenters. The summed E-state index contributed by atoms with van der Waals surface area (Å²) in [7, 11) is 0. The van der Waals surface area contributed by atoms with Gasteiger partial charge >= 0.3 is 11.5 Å². The van der Waals surface area contributed by atoms with Gasteiger partial charge in [0.2, 0.25) is 0 Å². The summed E-state index contributed by atoms with van der Waals surface area (Å²) in [6.07, 6.45) is 2.62. The molecule has 1 aromatic heterocycles. The molecule has 22 heavy (non-hydrogen) atoms. The molecule has 8 heteroatoms. The molecule has 1 aliphatic heterocycles. The molecule has 0 spiro atoms. The molecule has 0 amide bonds. The predicted molar refractivity (Wildman–Crippen MR) is 88.9 cm³/mol. The van der Waals surface area contributed by atoms with Crippen molar-refractivity contribution in [3.8, 4) is 0 Å². The molecule has 2 heterocycles. The van der Waals surface area contributed by atoms with Crippen LogP contribution < -0.4 is 15.2 Å². The number of aromatic nitrogens is 1. The van der Waals surface area contributed by atoms with Crippen molar-refractivity contribution in [2.24, 2.45) is 0 Å². The van der Waals surface area contributed by atoms with Crippen LogP contribution >= 0.6 is 12.2 Å². The Balaban J connectivity index is 2.08. The average Bonchev–Trinajstić information content (AvgIpc) is 2.72. The Morgan fingerprint density at radius 2 is 2.18 bits per heavy atom. The van der Waals surface area contributed by atoms with Gasteiger partial charge in [0.25, 0.3) is 0 Å². The highest BCUT2D eigenvalue weighted by Crippen LogP contribution is 2.23. The van der Waals surface area contributed by atoms with Gasteiger partial charge in [0.15, 0.2) is 5.11 Å². The Bertz CT molecular complexity index is 552. The lowest BCUT2D eigenvalue weighted by atomic mass is 10.3. The van der Waals surface area contributed by atoms with Crippen LogP contribution in [0.25, 0.3) is 0 Å². The van der Waals surface area contributed by atoms with Gasteiger partial charge in [-0.3, -0.25) is 15.0 Å². The van der Waals surface area contributed by atoms with Gasteiger partial charge in [-0.1, -0.05) is 0 Å². The number of pyridine rings is 1. The summed E-state index contributed by atoms with van der Waals surface area (Å²) < 4.78 is 0. The number of rotatable bonds is 3. The summed E-state index contributed by atoms with van der Waals surface area (Å²) in [6, 6.07) is 3.47. The normalized spacial score (nSPS) is 15.6. The molecule has 0 saturated carbocycles. The minimum Gasteiger partial charge on any atom is -0.360 e. The molecular weight excluding hydrogens is 302 g/mol. The fraction of sp³-hybridized carbons (Fsp3) is 0.571. The fourth-order valence-corrected chi connectivity index (χ4v) is 2.92. The Kier molecular flexibility index (Phi) is 5.48. The summed E-state index contributed by atoms with van der Waals surface area (Å²) in [4.78, 5) is 18.0. The molecule has 2 rings (SSSR count). The van der Waals surface area contributed by atoms with E-state index >= 15 is 0 Å². The Morgan fingerprint density at radius 1 is 1.41 bits per heavy atom. The molecule has 7 nitrogen and oxygen atoms in total. The number of nitrogens with zero attached hydrogens (tertiary/aromatic N) is 3. The van der Waals surface area contributed by atoms with Crippen molar-refractivity contribution in [2.45, 2.75) is 26.3 Å². The molecule has 120 valence electrons. The van der Waals surface area contributed by atoms with E-state index < -0.39 is 0 Å². The minimum absolute atomic E-state index is 0.110. The van der Waals surface area contributed by atoms with Crippen LogP contribution in [0.3, 0.4) is 0 Å². The summed E-state index contributed by atoms with van der Waals surface area (Å²) in [5.41, 5.74) is 0.110. The molecule has 0 aliphatic carbocycles. The molecule has 0 bridgehead atoms. The molecule has 1 aromatic rings. The van der Waals surface area contributed by atoms with E-state index in [4.69, 9.17) is 12.2 Å². The molecular formula is C14H22N5O2S+. The number of anilines is 1. The first-order valence-electron chi connectivity index (χ1n) is 7.44. The first-order valence-corrected chi connectivity index (χ1v) is 7.85. The van der Waals surface area contributed by atoms with Crippen LogP contribution in [-0.2, 0) is 0 Å². The van der Waals surface area contributed by atoms with Crippen LogP contribution in [0, 0.1) is 10.1 Å². The highest BCUT2D eigenvalue weighted by molar-refractivity contribution is 7.80. The third-order valence-electron chi connectivity index (χ3n) is 3.52. The summed E-state index contributed by atoms with van der Waals surface area (Å²) >= 11 is 5.41. The zero-order chi connectivity index (χ0) is 16.1. The number of nitrogens with one attached hydrogen (secondary N) is 2. The van der Waals surface area contributed by atoms with Crippen molar-refractivity contribution in [2.75, 3.05) is 31.1 Å². The van der Waals surface area contributed by atoms with Crippen molar-refractivity contribution >= 4 is 28.8 Å². The predicted octanol–water partition coefficient (Wildman–Crippen LogP) is 1.20. The molecule has 2 N–H and O–H groups in total. The highest BCUT2D eigenvalue weighted by atomic mass is 32.1. The van der Waals surface area contributed by atoms with Gasteiger partial charge in [-0.25, -0.2) is 4.98 Å². The van der Waals surface area contributed by atoms with Crippen LogP contribution in [0.1, 0.15) is 20.3 Å². The van der Waals surface area contributed by atoms with Gasteiger partial charge in [-0.2, -0.15) is 0 Å². The second kappa shape index (κ2) is 7.35. The van der Waals surface area contributed by atoms with E-state index in [1.807, 2.05) is 4.90 Å². The number of H-pyrrole nitrogens is 1. The van der Waals surface area contributed by atoms with Gasteiger partial charge in [0.05, 0.1) is 24.2 Å². The summed E-state index contributed by atoms with van der Waals surface area (Å²) in [5, 5.41) is 15.2. The molecule has 0 radical (unpaired) electrons. The molecule has 1 aliphatic rings. The fourth-order valence-electron chi connectivity index (χ4n) is 2.50. The van der Waals surface area contributed by atoms with Crippen LogP contribution in [0.4, 0.5) is 11.5 Å². The largest absolute Gasteiger partial charge is 0.360 e. The number of aromatic amines is 1. The third-order valence-corrected chi connectivity index (χ3v) is 3.90. The topological polar surface area (TPSA) is 75.8 Å². The van der Waals surface area contributed by atoms with Gasteiger partial charge in [0.1, 0.15) is 6.54 Å². The minimum atomic E-state index is -0.348. The Morgan fingerprint density at radius 3 is 2.86 bits per heavy atom. The van der Waals surface area contributed by atoms with Crippen LogP contribution in [0.2, 0.25) is 0 Å². The number of hydrogen-bond acceptors (Lipinski definition) is 4. The molecule has 1 fully saturated rings. The Hall–Kier alpha value is -1.96. The highest BCUT2D eigenvalue weighted by Gasteiger charge is 2.29. The maximum absolute atomic E-state index is 11.2. The molecule has 1 saturated heterocycles. The maximum atomic E-state index is 11.2. The van der Waals surface area contributed by atoms with Crippen molar-refractivity contribution < 1.29 is 9.91 Å². The lowest BCUT2D eigenvalue weighted by Crippen LogP contribution is -2.44. The van der Waals surface area contributed by atoms with E-state index in [0.29, 0.717) is 18.4 Å². The first-order chi connectivity index (χ1) is 10.5. The second-order valence-electron chi connectivity index (χ2n) is 5.59. The van der Waals surface area contributed by atoms with E-state index in [1.165, 1.54) is 6.07 Å². The second-order valence-corrected chi connectivity index (χ2v) is 5.98. The number of hydrogen-bond donors (Lipinski definition) is 1. The van der Waals surface area contributed by atoms with E-state index in [0.717, 1.165) is 31.2 Å². The van der Waals surface area contributed by atoms with E-state index in [1.54, 1.807) is 12.3 Å². The van der Waals surface area contributed by atoms with Gasteiger partial charge < -0.3 is 10.2 Å². The lowest BCUT2D eigenvalue weighted by Gasteiger charge is -2.24. The number of nitro groups is 1.